The van der Waals surface area contributed by atoms with Gasteiger partial charge in [-0.3, -0.25) is 9.53 Å². The van der Waals surface area contributed by atoms with Crippen LogP contribution >= 0.6 is 0 Å². The van der Waals surface area contributed by atoms with Gasteiger partial charge in [0.1, 0.15) is 35.6 Å². The van der Waals surface area contributed by atoms with E-state index in [1.54, 1.807) is 24.3 Å². The lowest BCUT2D eigenvalue weighted by Crippen LogP contribution is -2.65. The number of aliphatic hydroxyl groups is 1. The van der Waals surface area contributed by atoms with Crippen molar-refractivity contribution in [2.75, 3.05) is 7.11 Å². The third kappa shape index (κ3) is 1.62. The van der Waals surface area contributed by atoms with Gasteiger partial charge in [-0.25, -0.2) is 0 Å². The highest BCUT2D eigenvalue weighted by molar-refractivity contribution is 6.00. The first kappa shape index (κ1) is 16.2. The van der Waals surface area contributed by atoms with E-state index in [2.05, 4.69) is 0 Å². The van der Waals surface area contributed by atoms with Crippen LogP contribution in [0.1, 0.15) is 39.6 Å². The van der Waals surface area contributed by atoms with Gasteiger partial charge in [-0.05, 0) is 18.2 Å². The minimum absolute atomic E-state index is 0.0807. The van der Waals surface area contributed by atoms with Gasteiger partial charge >= 0.3 is 0 Å². The van der Waals surface area contributed by atoms with E-state index in [0.29, 0.717) is 28.2 Å². The van der Waals surface area contributed by atoms with Crippen molar-refractivity contribution < 1.29 is 38.7 Å². The van der Waals surface area contributed by atoms with E-state index >= 15 is 0 Å². The Bertz CT molecular complexity index is 1130. The maximum Gasteiger partial charge on any atom is 0.274 e. The zero-order valence-corrected chi connectivity index (χ0v) is 15.2. The molecular formula is C21H16O8. The second-order valence-corrected chi connectivity index (χ2v) is 8.01. The van der Waals surface area contributed by atoms with E-state index in [1.165, 1.54) is 13.2 Å². The lowest BCUT2D eigenvalue weighted by Gasteiger charge is -2.56. The molecule has 5 aliphatic rings. The Morgan fingerprint density at radius 3 is 2.72 bits per heavy atom. The number of ketones is 1. The highest BCUT2D eigenvalue weighted by Gasteiger charge is 2.75. The molecule has 8 nitrogen and oxygen atoms in total. The van der Waals surface area contributed by atoms with Crippen molar-refractivity contribution >= 4 is 5.78 Å². The topological polar surface area (TPSA) is 107 Å². The number of fused-ring (bicyclic) bond motifs is 1. The molecular weight excluding hydrogens is 380 g/mol. The largest absolute Gasteiger partial charge is 0.508 e. The molecule has 1 fully saturated rings. The summed E-state index contributed by atoms with van der Waals surface area (Å²) in [6.07, 6.45) is -2.81. The van der Waals surface area contributed by atoms with Crippen molar-refractivity contribution in [3.63, 3.8) is 0 Å². The van der Waals surface area contributed by atoms with Gasteiger partial charge in [0, 0.05) is 24.7 Å². The molecule has 2 bridgehead atoms. The summed E-state index contributed by atoms with van der Waals surface area (Å²) in [6, 6.07) is 8.30. The summed E-state index contributed by atoms with van der Waals surface area (Å²) >= 11 is 0. The maximum absolute atomic E-state index is 12.7. The summed E-state index contributed by atoms with van der Waals surface area (Å²) in [4.78, 5) is 12.7. The van der Waals surface area contributed by atoms with Gasteiger partial charge in [-0.1, -0.05) is 12.1 Å². The van der Waals surface area contributed by atoms with Gasteiger partial charge in [-0.15, -0.1) is 0 Å². The predicted molar refractivity (Wildman–Crippen MR) is 93.6 cm³/mol. The van der Waals surface area contributed by atoms with Crippen molar-refractivity contribution in [1.82, 2.24) is 0 Å². The highest BCUT2D eigenvalue weighted by Crippen LogP contribution is 2.67. The summed E-state index contributed by atoms with van der Waals surface area (Å²) in [6.45, 7) is 0. The van der Waals surface area contributed by atoms with Crippen LogP contribution < -0.4 is 9.47 Å². The predicted octanol–water partition coefficient (Wildman–Crippen LogP) is 1.62. The number of phenols is 1. The van der Waals surface area contributed by atoms with E-state index in [4.69, 9.17) is 23.7 Å². The number of methoxy groups -OCH3 is 1. The number of aromatic hydroxyl groups is 1. The minimum Gasteiger partial charge on any atom is -0.508 e. The smallest absolute Gasteiger partial charge is 0.274 e. The van der Waals surface area contributed by atoms with Crippen LogP contribution in [0.2, 0.25) is 0 Å². The number of Topliss-reactive ketones (excluding diaryl/α,β-unsaturated/α-hetero) is 1. The number of phenolic OH excluding ortho intramolecular Hbond substituents is 1. The van der Waals surface area contributed by atoms with Crippen LogP contribution in [0.25, 0.3) is 0 Å². The monoisotopic (exact) mass is 396 g/mol. The first-order valence-corrected chi connectivity index (χ1v) is 9.48. The van der Waals surface area contributed by atoms with Gasteiger partial charge in [0.15, 0.2) is 11.9 Å². The van der Waals surface area contributed by atoms with Gasteiger partial charge in [0.25, 0.3) is 11.6 Å². The fourth-order valence-electron chi connectivity index (χ4n) is 5.37. The summed E-state index contributed by atoms with van der Waals surface area (Å²) < 4.78 is 30.8. The number of rotatable bonds is 1. The SMILES string of the molecule is CO[C@@H]1CC(=O)c2cccc3c2[C@@]12Oc1ccc(O)c4c1[C@](O3)(O2)[C@@H]1O[C@@H]1C4O. The zero-order chi connectivity index (χ0) is 19.7. The van der Waals surface area contributed by atoms with Crippen molar-refractivity contribution in [2.45, 2.75) is 42.4 Å². The molecule has 2 aliphatic carbocycles. The lowest BCUT2D eigenvalue weighted by molar-refractivity contribution is -0.391. The third-order valence-electron chi connectivity index (χ3n) is 6.62. The number of epoxide rings is 1. The summed E-state index contributed by atoms with van der Waals surface area (Å²) in [7, 11) is 1.51. The standard InChI is InChI=1S/C21H16O8/c1-25-13-7-10(23)8-3-2-4-11-15(8)20(13)27-12-6-5-9(22)14-16(12)21(28-11,29-20)19-18(26-19)17(14)24/h2-6,13,17-19,22,24H,7H2,1H3/t13-,17?,18-,19-,20-,21+/m1/s1. The molecule has 0 amide bonds. The summed E-state index contributed by atoms with van der Waals surface area (Å²) in [5.41, 5.74) is 1.66. The van der Waals surface area contributed by atoms with Crippen molar-refractivity contribution in [3.8, 4) is 17.2 Å². The Labute approximate surface area is 164 Å². The van der Waals surface area contributed by atoms with Crippen LogP contribution in [0.4, 0.5) is 0 Å². The van der Waals surface area contributed by atoms with Gasteiger partial charge in [0.05, 0.1) is 11.1 Å². The van der Waals surface area contributed by atoms with Crippen LogP contribution in [0.5, 0.6) is 17.2 Å². The second-order valence-electron chi connectivity index (χ2n) is 8.01. The molecule has 1 saturated heterocycles. The minimum atomic E-state index is -1.42. The van der Waals surface area contributed by atoms with Crippen LogP contribution in [-0.4, -0.2) is 41.4 Å². The number of carbonyl (C=O) groups is 1. The molecule has 8 heteroatoms. The zero-order valence-electron chi connectivity index (χ0n) is 15.2. The highest BCUT2D eigenvalue weighted by atomic mass is 16.8. The van der Waals surface area contributed by atoms with E-state index in [0.717, 1.165) is 0 Å². The molecule has 29 heavy (non-hydrogen) atoms. The molecule has 2 N–H and O–H groups in total. The Hall–Kier alpha value is -2.65. The van der Waals surface area contributed by atoms with E-state index < -0.39 is 36.0 Å². The molecule has 148 valence electrons. The van der Waals surface area contributed by atoms with Gasteiger partial charge in [-0.2, -0.15) is 0 Å². The Morgan fingerprint density at radius 2 is 1.90 bits per heavy atom. The number of hydrogen-bond acceptors (Lipinski definition) is 8. The molecule has 7 rings (SSSR count). The van der Waals surface area contributed by atoms with Gasteiger partial charge < -0.3 is 29.2 Å². The number of ether oxygens (including phenoxy) is 5. The van der Waals surface area contributed by atoms with Crippen molar-refractivity contribution in [3.05, 3.63) is 52.6 Å². The number of carbonyl (C=O) groups excluding carboxylic acids is 1. The Morgan fingerprint density at radius 1 is 1.10 bits per heavy atom. The maximum atomic E-state index is 12.7. The number of benzene rings is 2. The van der Waals surface area contributed by atoms with E-state index in [9.17, 15) is 15.0 Å². The lowest BCUT2D eigenvalue weighted by atomic mass is 9.76. The molecule has 2 spiro atoms. The molecule has 2 aromatic rings. The molecule has 6 atom stereocenters. The quantitative estimate of drug-likeness (QED) is 0.701. The fourth-order valence-corrected chi connectivity index (χ4v) is 5.37. The first-order chi connectivity index (χ1) is 14.0. The molecule has 3 heterocycles. The summed E-state index contributed by atoms with van der Waals surface area (Å²) in [5.74, 6) is -2.16. The van der Waals surface area contributed by atoms with Crippen LogP contribution in [-0.2, 0) is 25.8 Å². The van der Waals surface area contributed by atoms with Crippen LogP contribution in [0, 0.1) is 0 Å². The van der Waals surface area contributed by atoms with E-state index in [-0.39, 0.29) is 23.5 Å². The molecule has 0 saturated carbocycles. The average Bonchev–Trinajstić information content (AvgIpc) is 3.52. The number of hydrogen-bond donors (Lipinski definition) is 2. The Balaban J connectivity index is 1.59. The third-order valence-corrected chi connectivity index (χ3v) is 6.62. The van der Waals surface area contributed by atoms with Crippen molar-refractivity contribution in [1.29, 1.82) is 0 Å². The summed E-state index contributed by atoms with van der Waals surface area (Å²) in [5, 5.41) is 21.2. The van der Waals surface area contributed by atoms with Crippen LogP contribution in [0.3, 0.4) is 0 Å². The Kier molecular flexibility index (Phi) is 2.64. The van der Waals surface area contributed by atoms with Crippen molar-refractivity contribution in [2.24, 2.45) is 0 Å². The first-order valence-electron chi connectivity index (χ1n) is 9.48. The van der Waals surface area contributed by atoms with Gasteiger partial charge in [0.2, 0.25) is 0 Å². The average molecular weight is 396 g/mol. The molecule has 0 aromatic heterocycles. The molecule has 0 radical (unpaired) electrons. The molecule has 2 aromatic carbocycles. The fraction of sp³-hybridized carbons (Fsp3) is 0.381. The molecule has 1 unspecified atom stereocenters. The normalized spacial score (nSPS) is 39.4. The molecule has 3 aliphatic heterocycles. The van der Waals surface area contributed by atoms with E-state index in [1.807, 2.05) is 0 Å². The number of aliphatic hydroxyl groups excluding tert-OH is 1. The van der Waals surface area contributed by atoms with Crippen LogP contribution in [0.15, 0.2) is 30.3 Å². The second kappa shape index (κ2) is 4.73.